The third-order valence-corrected chi connectivity index (χ3v) is 7.25. The molecule has 0 bridgehead atoms. The van der Waals surface area contributed by atoms with Crippen molar-refractivity contribution in [1.29, 1.82) is 0 Å². The van der Waals surface area contributed by atoms with Gasteiger partial charge in [0.1, 0.15) is 5.82 Å². The van der Waals surface area contributed by atoms with E-state index in [9.17, 15) is 4.79 Å². The maximum atomic E-state index is 13.0. The SMILES string of the molecule is CC1CCN(CCCNC(=O)c2cnc(N3CCN(c4ncccn4)CC3)c3ccccc23)CC1. The first-order valence-electron chi connectivity index (χ1n) is 12.8. The van der Waals surface area contributed by atoms with Crippen molar-refractivity contribution >= 4 is 28.4 Å². The van der Waals surface area contributed by atoms with Gasteiger partial charge in [-0.05, 0) is 56.3 Å². The predicted octanol–water partition coefficient (Wildman–Crippen LogP) is 3.20. The number of hydrogen-bond donors (Lipinski definition) is 1. The number of carbonyl (C=O) groups is 1. The van der Waals surface area contributed by atoms with Gasteiger partial charge in [-0.1, -0.05) is 31.2 Å². The zero-order valence-corrected chi connectivity index (χ0v) is 20.6. The number of pyridine rings is 1. The number of benzene rings is 1. The lowest BCUT2D eigenvalue weighted by Crippen LogP contribution is -2.47. The normalized spacial score (nSPS) is 17.6. The van der Waals surface area contributed by atoms with E-state index >= 15 is 0 Å². The molecule has 35 heavy (non-hydrogen) atoms. The zero-order chi connectivity index (χ0) is 24.0. The zero-order valence-electron chi connectivity index (χ0n) is 20.6. The summed E-state index contributed by atoms with van der Waals surface area (Å²) in [5, 5.41) is 5.10. The summed E-state index contributed by atoms with van der Waals surface area (Å²) in [5.74, 6) is 2.51. The second-order valence-electron chi connectivity index (χ2n) is 9.70. The van der Waals surface area contributed by atoms with Gasteiger partial charge in [0, 0.05) is 56.7 Å². The van der Waals surface area contributed by atoms with Gasteiger partial charge in [0.25, 0.3) is 5.91 Å². The maximum absolute atomic E-state index is 13.0. The number of piperidine rings is 1. The molecule has 2 aliphatic heterocycles. The number of nitrogens with one attached hydrogen (secondary N) is 1. The van der Waals surface area contributed by atoms with Crippen LogP contribution in [0.15, 0.2) is 48.9 Å². The van der Waals surface area contributed by atoms with Gasteiger partial charge in [0.15, 0.2) is 0 Å². The lowest BCUT2D eigenvalue weighted by molar-refractivity contribution is 0.0952. The summed E-state index contributed by atoms with van der Waals surface area (Å²) in [6.45, 7) is 9.74. The molecule has 2 aromatic heterocycles. The average Bonchev–Trinajstić information content (AvgIpc) is 2.92. The molecule has 0 atom stereocenters. The second kappa shape index (κ2) is 11.0. The quantitative estimate of drug-likeness (QED) is 0.528. The lowest BCUT2D eigenvalue weighted by atomic mass is 9.99. The van der Waals surface area contributed by atoms with Gasteiger partial charge in [-0.2, -0.15) is 0 Å². The fourth-order valence-corrected chi connectivity index (χ4v) is 5.07. The minimum absolute atomic E-state index is 0.0430. The smallest absolute Gasteiger partial charge is 0.253 e. The van der Waals surface area contributed by atoms with Crippen LogP contribution >= 0.6 is 0 Å². The molecular formula is C27H35N7O. The first kappa shape index (κ1) is 23.5. The highest BCUT2D eigenvalue weighted by molar-refractivity contribution is 6.09. The summed E-state index contributed by atoms with van der Waals surface area (Å²) < 4.78 is 0. The molecule has 3 aromatic rings. The number of amides is 1. The van der Waals surface area contributed by atoms with Crippen molar-refractivity contribution in [2.45, 2.75) is 26.2 Å². The molecule has 184 valence electrons. The molecule has 2 saturated heterocycles. The molecule has 1 N–H and O–H groups in total. The van der Waals surface area contributed by atoms with Gasteiger partial charge in [-0.15, -0.1) is 0 Å². The van der Waals surface area contributed by atoms with Gasteiger partial charge in [0.05, 0.1) is 5.56 Å². The highest BCUT2D eigenvalue weighted by atomic mass is 16.1. The number of nitrogens with zero attached hydrogens (tertiary/aromatic N) is 6. The van der Waals surface area contributed by atoms with E-state index in [0.29, 0.717) is 12.1 Å². The number of likely N-dealkylation sites (tertiary alicyclic amines) is 1. The van der Waals surface area contributed by atoms with Crippen LogP contribution in [0.1, 0.15) is 36.5 Å². The van der Waals surface area contributed by atoms with Crippen LogP contribution in [-0.4, -0.2) is 78.1 Å². The van der Waals surface area contributed by atoms with Crippen LogP contribution in [0.5, 0.6) is 0 Å². The number of hydrogen-bond acceptors (Lipinski definition) is 7. The Bertz CT molecular complexity index is 1120. The summed E-state index contributed by atoms with van der Waals surface area (Å²) in [7, 11) is 0. The molecular weight excluding hydrogens is 438 g/mol. The predicted molar refractivity (Wildman–Crippen MR) is 140 cm³/mol. The fraction of sp³-hybridized carbons (Fsp3) is 0.481. The molecule has 8 nitrogen and oxygen atoms in total. The minimum Gasteiger partial charge on any atom is -0.353 e. The number of carbonyl (C=O) groups excluding carboxylic acids is 1. The van der Waals surface area contributed by atoms with Crippen LogP contribution in [0.4, 0.5) is 11.8 Å². The molecule has 0 unspecified atom stereocenters. The lowest BCUT2D eigenvalue weighted by Gasteiger charge is -2.35. The van der Waals surface area contributed by atoms with E-state index in [1.165, 1.54) is 25.9 Å². The summed E-state index contributed by atoms with van der Waals surface area (Å²) >= 11 is 0. The molecule has 2 fully saturated rings. The molecule has 2 aliphatic rings. The van der Waals surface area contributed by atoms with Crippen molar-refractivity contribution in [1.82, 2.24) is 25.2 Å². The Kier molecular flexibility index (Phi) is 7.37. The van der Waals surface area contributed by atoms with Crippen molar-refractivity contribution < 1.29 is 4.79 Å². The number of piperazine rings is 1. The van der Waals surface area contributed by atoms with Gasteiger partial charge in [-0.25, -0.2) is 15.0 Å². The van der Waals surface area contributed by atoms with Gasteiger partial charge < -0.3 is 20.0 Å². The van der Waals surface area contributed by atoms with Crippen molar-refractivity contribution in [2.24, 2.45) is 5.92 Å². The highest BCUT2D eigenvalue weighted by Crippen LogP contribution is 2.28. The molecule has 5 rings (SSSR count). The van der Waals surface area contributed by atoms with Crippen molar-refractivity contribution in [3.05, 3.63) is 54.5 Å². The molecule has 1 aromatic carbocycles. The number of aromatic nitrogens is 3. The van der Waals surface area contributed by atoms with Crippen LogP contribution in [0.3, 0.4) is 0 Å². The number of rotatable bonds is 7. The monoisotopic (exact) mass is 473 g/mol. The fourth-order valence-electron chi connectivity index (χ4n) is 5.07. The second-order valence-corrected chi connectivity index (χ2v) is 9.70. The van der Waals surface area contributed by atoms with Crippen molar-refractivity contribution in [2.75, 3.05) is 62.2 Å². The topological polar surface area (TPSA) is 77.5 Å². The van der Waals surface area contributed by atoms with E-state index in [0.717, 1.165) is 67.6 Å². The Morgan fingerprint density at radius 3 is 2.34 bits per heavy atom. The number of anilines is 2. The van der Waals surface area contributed by atoms with Crippen LogP contribution in [-0.2, 0) is 0 Å². The Hall–Kier alpha value is -3.26. The van der Waals surface area contributed by atoms with Crippen LogP contribution < -0.4 is 15.1 Å². The van der Waals surface area contributed by atoms with Crippen molar-refractivity contribution in [3.8, 4) is 0 Å². The number of fused-ring (bicyclic) bond motifs is 1. The molecule has 8 heteroatoms. The van der Waals surface area contributed by atoms with E-state index in [-0.39, 0.29) is 5.91 Å². The van der Waals surface area contributed by atoms with E-state index in [2.05, 4.69) is 43.0 Å². The van der Waals surface area contributed by atoms with Crippen LogP contribution in [0.2, 0.25) is 0 Å². The molecule has 0 spiro atoms. The third-order valence-electron chi connectivity index (χ3n) is 7.25. The summed E-state index contributed by atoms with van der Waals surface area (Å²) in [6, 6.07) is 9.94. The van der Waals surface area contributed by atoms with E-state index in [1.807, 2.05) is 24.3 Å². The average molecular weight is 474 g/mol. The maximum Gasteiger partial charge on any atom is 0.253 e. The van der Waals surface area contributed by atoms with Crippen molar-refractivity contribution in [3.63, 3.8) is 0 Å². The minimum atomic E-state index is -0.0430. The Labute approximate surface area is 207 Å². The Balaban J connectivity index is 1.21. The molecule has 4 heterocycles. The molecule has 1 amide bonds. The summed E-state index contributed by atoms with van der Waals surface area (Å²) in [6.07, 6.45) is 8.84. The van der Waals surface area contributed by atoms with Gasteiger partial charge in [-0.3, -0.25) is 4.79 Å². The molecule has 0 saturated carbocycles. The van der Waals surface area contributed by atoms with E-state index < -0.39 is 0 Å². The summed E-state index contributed by atoms with van der Waals surface area (Å²) in [5.41, 5.74) is 0.646. The summed E-state index contributed by atoms with van der Waals surface area (Å²) in [4.78, 5) is 33.6. The Morgan fingerprint density at radius 2 is 1.60 bits per heavy atom. The highest BCUT2D eigenvalue weighted by Gasteiger charge is 2.23. The standard InChI is InChI=1S/C27H35N7O/c1-21-8-14-32(15-9-21)13-5-12-28-26(35)24-20-31-25(23-7-3-2-6-22(23)24)33-16-18-34(19-17-33)27-29-10-4-11-30-27/h2-4,6-7,10-11,20-21H,5,8-9,12-19H2,1H3,(H,28,35). The first-order valence-corrected chi connectivity index (χ1v) is 12.8. The third kappa shape index (κ3) is 5.53. The van der Waals surface area contributed by atoms with E-state index in [4.69, 9.17) is 4.98 Å². The van der Waals surface area contributed by atoms with Gasteiger partial charge in [0.2, 0.25) is 5.95 Å². The Morgan fingerprint density at radius 1 is 0.914 bits per heavy atom. The van der Waals surface area contributed by atoms with Gasteiger partial charge >= 0.3 is 0 Å². The van der Waals surface area contributed by atoms with Crippen LogP contribution in [0, 0.1) is 5.92 Å². The molecule has 0 radical (unpaired) electrons. The van der Waals surface area contributed by atoms with E-state index in [1.54, 1.807) is 18.6 Å². The largest absolute Gasteiger partial charge is 0.353 e. The van der Waals surface area contributed by atoms with Crippen LogP contribution in [0.25, 0.3) is 10.8 Å². The first-order chi connectivity index (χ1) is 17.2. The molecule has 0 aliphatic carbocycles.